The van der Waals surface area contributed by atoms with Crippen LogP contribution >= 0.6 is 0 Å². The van der Waals surface area contributed by atoms with Crippen LogP contribution in [0.3, 0.4) is 0 Å². The smallest absolute Gasteiger partial charge is 0.166 e. The molecule has 3 aromatic rings. The van der Waals surface area contributed by atoms with Crippen LogP contribution in [-0.2, 0) is 11.3 Å². The van der Waals surface area contributed by atoms with E-state index >= 15 is 0 Å². The number of imidazole rings is 1. The minimum absolute atomic E-state index is 0.612. The zero-order valence-electron chi connectivity index (χ0n) is 18.8. The molecule has 0 saturated carbocycles. The number of benzene rings is 1. The summed E-state index contributed by atoms with van der Waals surface area (Å²) in [6.45, 7) is 8.18. The van der Waals surface area contributed by atoms with E-state index in [1.807, 2.05) is 35.7 Å². The first-order valence-corrected chi connectivity index (χ1v) is 11.2. The summed E-state index contributed by atoms with van der Waals surface area (Å²) in [4.78, 5) is 16.9. The molecule has 1 N–H and O–H groups in total. The Morgan fingerprint density at radius 1 is 1.09 bits per heavy atom. The van der Waals surface area contributed by atoms with Gasteiger partial charge in [-0.25, -0.2) is 15.0 Å². The Labute approximate surface area is 187 Å². The van der Waals surface area contributed by atoms with Crippen molar-refractivity contribution in [1.82, 2.24) is 24.5 Å². The molecular weight excluding hydrogens is 406 g/mol. The summed E-state index contributed by atoms with van der Waals surface area (Å²) < 4.78 is 7.53. The Morgan fingerprint density at radius 3 is 2.56 bits per heavy atom. The van der Waals surface area contributed by atoms with Gasteiger partial charge in [-0.3, -0.25) is 5.01 Å². The molecule has 0 amide bonds. The van der Waals surface area contributed by atoms with Crippen molar-refractivity contribution in [3.63, 3.8) is 0 Å². The minimum atomic E-state index is -0.689. The van der Waals surface area contributed by atoms with Gasteiger partial charge in [0.05, 0.1) is 18.9 Å². The van der Waals surface area contributed by atoms with Crippen LogP contribution in [0.1, 0.15) is 37.8 Å². The van der Waals surface area contributed by atoms with Gasteiger partial charge < -0.3 is 19.3 Å². The van der Waals surface area contributed by atoms with E-state index in [9.17, 15) is 5.11 Å². The summed E-state index contributed by atoms with van der Waals surface area (Å²) in [5.74, 6) is 2.06. The molecule has 1 aromatic carbocycles. The molecule has 2 aliphatic rings. The highest BCUT2D eigenvalue weighted by molar-refractivity contribution is 6.02. The SMILES string of the molecule is CCn1c(C(C)O)nc2c(N3CCOCC3)nc(-c3cccc(C4=NN(C)CC4)c3)nc21. The average molecular weight is 436 g/mol. The predicted octanol–water partition coefficient (Wildman–Crippen LogP) is 2.44. The summed E-state index contributed by atoms with van der Waals surface area (Å²) in [6.07, 6.45) is 0.241. The Kier molecular flexibility index (Phi) is 5.52. The third-order valence-electron chi connectivity index (χ3n) is 6.02. The van der Waals surface area contributed by atoms with Gasteiger partial charge in [-0.05, 0) is 25.5 Å². The van der Waals surface area contributed by atoms with Gasteiger partial charge in [0.25, 0.3) is 0 Å². The van der Waals surface area contributed by atoms with Crippen LogP contribution in [0.4, 0.5) is 5.82 Å². The van der Waals surface area contributed by atoms with E-state index in [1.165, 1.54) is 0 Å². The van der Waals surface area contributed by atoms with Crippen molar-refractivity contribution >= 4 is 22.7 Å². The molecule has 0 spiro atoms. The van der Waals surface area contributed by atoms with Crippen molar-refractivity contribution in [2.75, 3.05) is 44.8 Å². The highest BCUT2D eigenvalue weighted by Gasteiger charge is 2.24. The molecule has 0 bridgehead atoms. The maximum Gasteiger partial charge on any atom is 0.166 e. The number of aromatic nitrogens is 4. The largest absolute Gasteiger partial charge is 0.385 e. The third-order valence-corrected chi connectivity index (χ3v) is 6.02. The van der Waals surface area contributed by atoms with E-state index in [0.717, 1.165) is 59.9 Å². The number of rotatable bonds is 5. The Balaban J connectivity index is 1.67. The Bertz CT molecular complexity index is 1160. The highest BCUT2D eigenvalue weighted by Crippen LogP contribution is 2.30. The zero-order valence-corrected chi connectivity index (χ0v) is 18.8. The van der Waals surface area contributed by atoms with Crippen molar-refractivity contribution in [3.8, 4) is 11.4 Å². The molecule has 1 fully saturated rings. The fourth-order valence-electron chi connectivity index (χ4n) is 4.37. The maximum absolute atomic E-state index is 10.3. The fourth-order valence-corrected chi connectivity index (χ4v) is 4.37. The first-order chi connectivity index (χ1) is 15.5. The van der Waals surface area contributed by atoms with E-state index in [4.69, 9.17) is 19.7 Å². The van der Waals surface area contributed by atoms with Crippen molar-refractivity contribution in [2.24, 2.45) is 5.10 Å². The number of ether oxygens (including phenoxy) is 1. The zero-order chi connectivity index (χ0) is 22.2. The van der Waals surface area contributed by atoms with Crippen molar-refractivity contribution in [2.45, 2.75) is 32.9 Å². The van der Waals surface area contributed by atoms with Gasteiger partial charge in [-0.2, -0.15) is 5.10 Å². The van der Waals surface area contributed by atoms with Crippen LogP contribution in [-0.4, -0.2) is 75.2 Å². The van der Waals surface area contributed by atoms with Crippen LogP contribution < -0.4 is 4.90 Å². The molecule has 32 heavy (non-hydrogen) atoms. The number of anilines is 1. The lowest BCUT2D eigenvalue weighted by Gasteiger charge is -2.28. The van der Waals surface area contributed by atoms with Gasteiger partial charge in [-0.15, -0.1) is 0 Å². The summed E-state index contributed by atoms with van der Waals surface area (Å²) >= 11 is 0. The molecule has 9 nitrogen and oxygen atoms in total. The summed E-state index contributed by atoms with van der Waals surface area (Å²) in [5, 5.41) is 16.9. The third kappa shape index (κ3) is 3.71. The van der Waals surface area contributed by atoms with Crippen molar-refractivity contribution in [3.05, 3.63) is 35.7 Å². The first kappa shape index (κ1) is 20.8. The second kappa shape index (κ2) is 8.48. The van der Waals surface area contributed by atoms with E-state index in [2.05, 4.69) is 22.1 Å². The molecule has 1 unspecified atom stereocenters. The first-order valence-electron chi connectivity index (χ1n) is 11.2. The molecule has 0 aliphatic carbocycles. The molecule has 4 heterocycles. The van der Waals surface area contributed by atoms with Gasteiger partial charge in [-0.1, -0.05) is 18.2 Å². The number of nitrogens with zero attached hydrogens (tertiary/aromatic N) is 7. The number of hydrazone groups is 1. The lowest BCUT2D eigenvalue weighted by molar-refractivity contribution is 0.122. The number of morpholine rings is 1. The fraction of sp³-hybridized carbons (Fsp3) is 0.478. The molecule has 5 rings (SSSR count). The topological polar surface area (TPSA) is 91.9 Å². The molecule has 0 radical (unpaired) electrons. The average Bonchev–Trinajstić information content (AvgIpc) is 3.42. The summed E-state index contributed by atoms with van der Waals surface area (Å²) in [7, 11) is 1.99. The van der Waals surface area contributed by atoms with E-state index in [-0.39, 0.29) is 0 Å². The standard InChI is InChI=1S/C23H29N7O2/c1-4-30-21(15(2)31)24-19-22(29-10-12-32-13-11-29)25-20(26-23(19)30)17-7-5-6-16(14-17)18-8-9-28(3)27-18/h5-7,14-15,31H,4,8-13H2,1-3H3. The monoisotopic (exact) mass is 435 g/mol. The molecule has 9 heteroatoms. The number of hydrogen-bond donors (Lipinski definition) is 1. The van der Waals surface area contributed by atoms with Crippen molar-refractivity contribution < 1.29 is 9.84 Å². The summed E-state index contributed by atoms with van der Waals surface area (Å²) in [6, 6.07) is 8.27. The summed E-state index contributed by atoms with van der Waals surface area (Å²) in [5.41, 5.74) is 4.60. The van der Waals surface area contributed by atoms with E-state index in [1.54, 1.807) is 6.92 Å². The van der Waals surface area contributed by atoms with Crippen LogP contribution in [0.5, 0.6) is 0 Å². The van der Waals surface area contributed by atoms with Gasteiger partial charge >= 0.3 is 0 Å². The number of aliphatic hydroxyl groups excluding tert-OH is 1. The molecule has 1 atom stereocenters. The van der Waals surface area contributed by atoms with E-state index < -0.39 is 6.10 Å². The lowest BCUT2D eigenvalue weighted by Crippen LogP contribution is -2.37. The van der Waals surface area contributed by atoms with Gasteiger partial charge in [0, 0.05) is 45.2 Å². The number of aryl methyl sites for hydroxylation is 1. The number of hydrogen-bond acceptors (Lipinski definition) is 8. The van der Waals surface area contributed by atoms with Crippen LogP contribution in [0, 0.1) is 0 Å². The number of aliphatic hydroxyl groups is 1. The molecule has 2 aliphatic heterocycles. The molecule has 2 aromatic heterocycles. The Morgan fingerprint density at radius 2 is 1.88 bits per heavy atom. The second-order valence-corrected chi connectivity index (χ2v) is 8.29. The van der Waals surface area contributed by atoms with Crippen LogP contribution in [0.25, 0.3) is 22.6 Å². The van der Waals surface area contributed by atoms with Crippen LogP contribution in [0.15, 0.2) is 29.4 Å². The predicted molar refractivity (Wildman–Crippen MR) is 124 cm³/mol. The maximum atomic E-state index is 10.3. The van der Waals surface area contributed by atoms with E-state index in [0.29, 0.717) is 31.4 Å². The molecule has 1 saturated heterocycles. The molecular formula is C23H29N7O2. The van der Waals surface area contributed by atoms with Gasteiger partial charge in [0.1, 0.15) is 11.9 Å². The van der Waals surface area contributed by atoms with Crippen molar-refractivity contribution in [1.29, 1.82) is 0 Å². The minimum Gasteiger partial charge on any atom is -0.385 e. The molecule has 168 valence electrons. The lowest BCUT2D eigenvalue weighted by atomic mass is 10.0. The highest BCUT2D eigenvalue weighted by atomic mass is 16.5. The quantitative estimate of drug-likeness (QED) is 0.658. The van der Waals surface area contributed by atoms with Gasteiger partial charge in [0.15, 0.2) is 22.8 Å². The van der Waals surface area contributed by atoms with Gasteiger partial charge in [0.2, 0.25) is 0 Å². The second-order valence-electron chi connectivity index (χ2n) is 8.29. The normalized spacial score (nSPS) is 17.8. The van der Waals surface area contributed by atoms with Crippen LogP contribution in [0.2, 0.25) is 0 Å². The number of fused-ring (bicyclic) bond motifs is 1. The Hall–Kier alpha value is -3.04.